The molecule has 0 aromatic rings. The maximum absolute atomic E-state index is 10.7. The summed E-state index contributed by atoms with van der Waals surface area (Å²) in [6.07, 6.45) is 3.28. The Bertz CT molecular complexity index is 199. The number of amides is 1. The number of aliphatic hydroxyl groups is 1. The van der Waals surface area contributed by atoms with E-state index in [-0.39, 0.29) is 12.5 Å². The molecule has 0 saturated carbocycles. The molecule has 0 bridgehead atoms. The van der Waals surface area contributed by atoms with Crippen LogP contribution in [0.15, 0.2) is 24.9 Å². The number of hydrogen-bond donors (Lipinski definition) is 1. The lowest BCUT2D eigenvalue weighted by molar-refractivity contribution is -0.125. The fraction of sp³-hybridized carbons (Fsp3) is 0.500. The van der Waals surface area contributed by atoms with Crippen molar-refractivity contribution < 1.29 is 9.90 Å². The maximum atomic E-state index is 10.7. The van der Waals surface area contributed by atoms with Gasteiger partial charge < -0.3 is 10.0 Å². The van der Waals surface area contributed by atoms with Gasteiger partial charge in [0, 0.05) is 13.0 Å². The first-order valence-electron chi connectivity index (χ1n) is 4.29. The van der Waals surface area contributed by atoms with Crippen LogP contribution in [0.3, 0.4) is 0 Å². The molecule has 0 aromatic heterocycles. The van der Waals surface area contributed by atoms with Crippen LogP contribution in [0.1, 0.15) is 19.8 Å². The molecule has 13 heavy (non-hydrogen) atoms. The van der Waals surface area contributed by atoms with Gasteiger partial charge in [-0.25, -0.2) is 0 Å². The molecule has 1 amide bonds. The summed E-state index contributed by atoms with van der Waals surface area (Å²) >= 11 is 0. The van der Waals surface area contributed by atoms with Crippen molar-refractivity contribution in [2.45, 2.75) is 19.8 Å². The quantitative estimate of drug-likeness (QED) is 0.656. The summed E-state index contributed by atoms with van der Waals surface area (Å²) in [5.74, 6) is 0.208. The van der Waals surface area contributed by atoms with Gasteiger partial charge in [0.05, 0.1) is 6.61 Å². The van der Waals surface area contributed by atoms with E-state index in [1.165, 1.54) is 0 Å². The number of carbonyl (C=O) groups excluding carboxylic acids is 1. The predicted molar refractivity (Wildman–Crippen MR) is 53.0 cm³/mol. The SMILES string of the molecule is C=C(C)CO.C=CN1CCCC1=O. The van der Waals surface area contributed by atoms with Gasteiger partial charge in [0.25, 0.3) is 0 Å². The minimum Gasteiger partial charge on any atom is -0.392 e. The first kappa shape index (κ1) is 11.9. The summed E-state index contributed by atoms with van der Waals surface area (Å²) in [4.78, 5) is 12.3. The predicted octanol–water partition coefficient (Wildman–Crippen LogP) is 1.31. The van der Waals surface area contributed by atoms with Gasteiger partial charge in [0.2, 0.25) is 5.91 Å². The lowest BCUT2D eigenvalue weighted by Crippen LogP contribution is -2.16. The second-order valence-electron chi connectivity index (χ2n) is 2.99. The van der Waals surface area contributed by atoms with Crippen molar-refractivity contribution in [1.29, 1.82) is 0 Å². The van der Waals surface area contributed by atoms with Gasteiger partial charge in [-0.2, -0.15) is 0 Å². The minimum absolute atomic E-state index is 0.111. The summed E-state index contributed by atoms with van der Waals surface area (Å²) in [7, 11) is 0. The highest BCUT2D eigenvalue weighted by molar-refractivity contribution is 5.78. The van der Waals surface area contributed by atoms with E-state index >= 15 is 0 Å². The first-order chi connectivity index (χ1) is 6.11. The maximum Gasteiger partial charge on any atom is 0.226 e. The van der Waals surface area contributed by atoms with Crippen LogP contribution in [0.2, 0.25) is 0 Å². The Kier molecular flexibility index (Phi) is 5.89. The Morgan fingerprint density at radius 1 is 1.77 bits per heavy atom. The molecule has 1 saturated heterocycles. The summed E-state index contributed by atoms with van der Waals surface area (Å²) in [6, 6.07) is 0. The molecule has 3 nitrogen and oxygen atoms in total. The third kappa shape index (κ3) is 5.20. The van der Waals surface area contributed by atoms with Crippen molar-refractivity contribution in [2.75, 3.05) is 13.2 Å². The molecule has 74 valence electrons. The van der Waals surface area contributed by atoms with Gasteiger partial charge >= 0.3 is 0 Å². The zero-order chi connectivity index (χ0) is 10.3. The summed E-state index contributed by atoms with van der Waals surface area (Å²) in [6.45, 7) is 9.67. The summed E-state index contributed by atoms with van der Waals surface area (Å²) in [5, 5.41) is 8.04. The van der Waals surface area contributed by atoms with E-state index in [9.17, 15) is 4.79 Å². The van der Waals surface area contributed by atoms with Crippen LogP contribution < -0.4 is 0 Å². The van der Waals surface area contributed by atoms with E-state index in [1.54, 1.807) is 18.0 Å². The smallest absolute Gasteiger partial charge is 0.226 e. The molecule has 0 unspecified atom stereocenters. The number of likely N-dealkylation sites (tertiary alicyclic amines) is 1. The standard InChI is InChI=1S/C6H9NO.C4H8O/c1-2-7-5-3-4-6(7)8;1-4(2)3-5/h2H,1,3-5H2;5H,1,3H2,2H3. The van der Waals surface area contributed by atoms with Crippen molar-refractivity contribution >= 4 is 5.91 Å². The van der Waals surface area contributed by atoms with Crippen LogP contribution >= 0.6 is 0 Å². The van der Waals surface area contributed by atoms with Crippen molar-refractivity contribution in [2.24, 2.45) is 0 Å². The molecule has 0 aliphatic carbocycles. The van der Waals surface area contributed by atoms with Gasteiger partial charge in [-0.1, -0.05) is 18.7 Å². The third-order valence-electron chi connectivity index (χ3n) is 1.60. The highest BCUT2D eigenvalue weighted by Gasteiger charge is 2.15. The second-order valence-corrected chi connectivity index (χ2v) is 2.99. The molecule has 0 spiro atoms. The number of nitrogens with zero attached hydrogens (tertiary/aromatic N) is 1. The third-order valence-corrected chi connectivity index (χ3v) is 1.60. The molecule has 1 rings (SSSR count). The molecule has 1 aliphatic rings. The van der Waals surface area contributed by atoms with E-state index in [4.69, 9.17) is 5.11 Å². The summed E-state index contributed by atoms with van der Waals surface area (Å²) < 4.78 is 0. The van der Waals surface area contributed by atoms with E-state index < -0.39 is 0 Å². The van der Waals surface area contributed by atoms with E-state index in [0.717, 1.165) is 18.5 Å². The minimum atomic E-state index is 0.111. The van der Waals surface area contributed by atoms with Crippen LogP contribution in [0.25, 0.3) is 0 Å². The molecular weight excluding hydrogens is 166 g/mol. The lowest BCUT2D eigenvalue weighted by atomic mass is 10.4. The number of hydrogen-bond acceptors (Lipinski definition) is 2. The van der Waals surface area contributed by atoms with Crippen molar-refractivity contribution in [3.63, 3.8) is 0 Å². The highest BCUT2D eigenvalue weighted by atomic mass is 16.3. The van der Waals surface area contributed by atoms with Crippen LogP contribution in [-0.4, -0.2) is 29.1 Å². The average molecular weight is 183 g/mol. The first-order valence-corrected chi connectivity index (χ1v) is 4.29. The fourth-order valence-corrected chi connectivity index (χ4v) is 0.862. The highest BCUT2D eigenvalue weighted by Crippen LogP contribution is 2.08. The van der Waals surface area contributed by atoms with Gasteiger partial charge in [0.1, 0.15) is 0 Å². The zero-order valence-electron chi connectivity index (χ0n) is 8.12. The number of aliphatic hydroxyl groups excluding tert-OH is 1. The molecule has 1 aliphatic heterocycles. The van der Waals surface area contributed by atoms with E-state index in [2.05, 4.69) is 13.2 Å². The van der Waals surface area contributed by atoms with Crippen molar-refractivity contribution in [1.82, 2.24) is 4.90 Å². The monoisotopic (exact) mass is 183 g/mol. The number of carbonyl (C=O) groups is 1. The number of rotatable bonds is 2. The molecule has 3 heteroatoms. The Hall–Kier alpha value is -1.09. The molecule has 0 atom stereocenters. The lowest BCUT2D eigenvalue weighted by Gasteiger charge is -2.05. The normalized spacial score (nSPS) is 14.9. The largest absolute Gasteiger partial charge is 0.392 e. The molecule has 1 N–H and O–H groups in total. The Labute approximate surface area is 79.4 Å². The van der Waals surface area contributed by atoms with Crippen LogP contribution in [0, 0.1) is 0 Å². The van der Waals surface area contributed by atoms with Crippen LogP contribution in [-0.2, 0) is 4.79 Å². The van der Waals surface area contributed by atoms with Crippen LogP contribution in [0.4, 0.5) is 0 Å². The van der Waals surface area contributed by atoms with E-state index in [0.29, 0.717) is 6.42 Å². The molecule has 0 aromatic carbocycles. The van der Waals surface area contributed by atoms with Crippen LogP contribution in [0.5, 0.6) is 0 Å². The van der Waals surface area contributed by atoms with Gasteiger partial charge in [-0.3, -0.25) is 4.79 Å². The molecule has 0 radical (unpaired) electrons. The van der Waals surface area contributed by atoms with Gasteiger partial charge in [0.15, 0.2) is 0 Å². The second kappa shape index (κ2) is 6.43. The topological polar surface area (TPSA) is 40.5 Å². The Morgan fingerprint density at radius 2 is 2.31 bits per heavy atom. The van der Waals surface area contributed by atoms with Crippen molar-refractivity contribution in [3.05, 3.63) is 24.9 Å². The summed E-state index contributed by atoms with van der Waals surface area (Å²) in [5.41, 5.74) is 0.810. The van der Waals surface area contributed by atoms with Gasteiger partial charge in [-0.05, 0) is 19.5 Å². The molecular formula is C10H17NO2. The van der Waals surface area contributed by atoms with Gasteiger partial charge in [-0.15, -0.1) is 0 Å². The Balaban J connectivity index is 0.000000252. The Morgan fingerprint density at radius 3 is 2.46 bits per heavy atom. The average Bonchev–Trinajstić information content (AvgIpc) is 2.52. The van der Waals surface area contributed by atoms with Crippen molar-refractivity contribution in [3.8, 4) is 0 Å². The fourth-order valence-electron chi connectivity index (χ4n) is 0.862. The molecule has 1 fully saturated rings. The zero-order valence-corrected chi connectivity index (χ0v) is 8.12. The van der Waals surface area contributed by atoms with E-state index in [1.807, 2.05) is 0 Å². The molecule has 1 heterocycles.